The highest BCUT2D eigenvalue weighted by atomic mass is 15.1. The first-order valence-corrected chi connectivity index (χ1v) is 8.33. The van der Waals surface area contributed by atoms with E-state index in [1.54, 1.807) is 0 Å². The van der Waals surface area contributed by atoms with Gasteiger partial charge in [-0.15, -0.1) is 0 Å². The predicted octanol–water partition coefficient (Wildman–Crippen LogP) is 3.65. The highest BCUT2D eigenvalue weighted by Gasteiger charge is 2.34. The van der Waals surface area contributed by atoms with Crippen LogP contribution in [0.1, 0.15) is 65.7 Å². The lowest BCUT2D eigenvalue weighted by Crippen LogP contribution is -2.47. The molecule has 2 rings (SSSR count). The van der Waals surface area contributed by atoms with Gasteiger partial charge in [-0.25, -0.2) is 0 Å². The van der Waals surface area contributed by atoms with Gasteiger partial charge in [0, 0.05) is 18.6 Å². The SMILES string of the molecule is CC1CCC(N(C)CC2CC(C)(C)CCC2N)CC1. The first-order valence-electron chi connectivity index (χ1n) is 8.33. The summed E-state index contributed by atoms with van der Waals surface area (Å²) in [5, 5.41) is 0. The molecule has 0 aromatic carbocycles. The summed E-state index contributed by atoms with van der Waals surface area (Å²) in [6, 6.07) is 1.24. The highest BCUT2D eigenvalue weighted by Crippen LogP contribution is 2.38. The van der Waals surface area contributed by atoms with Crippen LogP contribution < -0.4 is 5.73 Å². The van der Waals surface area contributed by atoms with Crippen molar-refractivity contribution in [3.05, 3.63) is 0 Å². The summed E-state index contributed by atoms with van der Waals surface area (Å²) < 4.78 is 0. The molecule has 0 bridgehead atoms. The summed E-state index contributed by atoms with van der Waals surface area (Å²) >= 11 is 0. The van der Waals surface area contributed by atoms with Gasteiger partial charge in [-0.3, -0.25) is 0 Å². The zero-order chi connectivity index (χ0) is 14.0. The van der Waals surface area contributed by atoms with Crippen LogP contribution in [0.4, 0.5) is 0 Å². The fourth-order valence-electron chi connectivity index (χ4n) is 4.16. The average Bonchev–Trinajstić information content (AvgIpc) is 2.34. The van der Waals surface area contributed by atoms with Crippen LogP contribution in [0, 0.1) is 17.3 Å². The maximum Gasteiger partial charge on any atom is 0.00925 e. The monoisotopic (exact) mass is 266 g/mol. The van der Waals surface area contributed by atoms with Gasteiger partial charge >= 0.3 is 0 Å². The summed E-state index contributed by atoms with van der Waals surface area (Å²) in [4.78, 5) is 2.62. The Morgan fingerprint density at radius 1 is 1.11 bits per heavy atom. The number of rotatable bonds is 3. The molecule has 0 spiro atoms. The molecule has 0 radical (unpaired) electrons. The van der Waals surface area contributed by atoms with Crippen molar-refractivity contribution in [3.63, 3.8) is 0 Å². The van der Waals surface area contributed by atoms with E-state index in [0.717, 1.165) is 12.0 Å². The molecule has 2 aliphatic carbocycles. The third kappa shape index (κ3) is 4.19. The molecule has 0 amide bonds. The van der Waals surface area contributed by atoms with Crippen LogP contribution >= 0.6 is 0 Å². The van der Waals surface area contributed by atoms with Crippen LogP contribution in [0.2, 0.25) is 0 Å². The number of nitrogens with two attached hydrogens (primary N) is 1. The van der Waals surface area contributed by atoms with Gasteiger partial charge in [0.1, 0.15) is 0 Å². The second kappa shape index (κ2) is 6.13. The smallest absolute Gasteiger partial charge is 0.00925 e. The van der Waals surface area contributed by atoms with Crippen molar-refractivity contribution in [1.82, 2.24) is 4.90 Å². The third-order valence-corrected chi connectivity index (χ3v) is 5.71. The van der Waals surface area contributed by atoms with Crippen LogP contribution in [0.25, 0.3) is 0 Å². The summed E-state index contributed by atoms with van der Waals surface area (Å²) in [6.45, 7) is 8.43. The number of hydrogen-bond acceptors (Lipinski definition) is 2. The van der Waals surface area contributed by atoms with E-state index in [2.05, 4.69) is 32.7 Å². The Balaban J connectivity index is 1.85. The zero-order valence-electron chi connectivity index (χ0n) is 13.5. The van der Waals surface area contributed by atoms with Crippen LogP contribution in [-0.4, -0.2) is 30.6 Å². The number of nitrogens with zero attached hydrogens (tertiary/aromatic N) is 1. The molecular formula is C17H34N2. The van der Waals surface area contributed by atoms with Crippen molar-refractivity contribution in [2.45, 2.75) is 77.8 Å². The summed E-state index contributed by atoms with van der Waals surface area (Å²) in [5.74, 6) is 1.65. The van der Waals surface area contributed by atoms with Gasteiger partial charge in [-0.1, -0.05) is 20.8 Å². The average molecular weight is 266 g/mol. The Morgan fingerprint density at radius 2 is 1.74 bits per heavy atom. The minimum Gasteiger partial charge on any atom is -0.327 e. The highest BCUT2D eigenvalue weighted by molar-refractivity contribution is 4.89. The van der Waals surface area contributed by atoms with Gasteiger partial charge < -0.3 is 10.6 Å². The van der Waals surface area contributed by atoms with E-state index in [4.69, 9.17) is 5.73 Å². The molecule has 0 heterocycles. The van der Waals surface area contributed by atoms with Gasteiger partial charge in [0.05, 0.1) is 0 Å². The van der Waals surface area contributed by atoms with Crippen molar-refractivity contribution in [3.8, 4) is 0 Å². The van der Waals surface area contributed by atoms with E-state index in [0.29, 0.717) is 17.4 Å². The molecule has 0 aliphatic heterocycles. The predicted molar refractivity (Wildman–Crippen MR) is 83.1 cm³/mol. The van der Waals surface area contributed by atoms with Gasteiger partial charge in [-0.2, -0.15) is 0 Å². The lowest BCUT2D eigenvalue weighted by atomic mass is 9.70. The number of hydrogen-bond donors (Lipinski definition) is 1. The van der Waals surface area contributed by atoms with Crippen LogP contribution in [0.15, 0.2) is 0 Å². The topological polar surface area (TPSA) is 29.3 Å². The maximum atomic E-state index is 6.37. The van der Waals surface area contributed by atoms with E-state index in [-0.39, 0.29) is 0 Å². The normalized spacial score (nSPS) is 39.5. The Hall–Kier alpha value is -0.0800. The Kier molecular flexibility index (Phi) is 4.94. The third-order valence-electron chi connectivity index (χ3n) is 5.71. The minimum atomic E-state index is 0.429. The van der Waals surface area contributed by atoms with Crippen molar-refractivity contribution in [2.75, 3.05) is 13.6 Å². The van der Waals surface area contributed by atoms with Crippen molar-refractivity contribution >= 4 is 0 Å². The van der Waals surface area contributed by atoms with Gasteiger partial charge in [-0.05, 0) is 69.2 Å². The summed E-state index contributed by atoms with van der Waals surface area (Å²) in [7, 11) is 2.33. The standard InChI is InChI=1S/C17H34N2/c1-13-5-7-15(8-6-13)19(4)12-14-11-17(2,3)10-9-16(14)18/h13-16H,5-12,18H2,1-4H3. The Morgan fingerprint density at radius 3 is 2.37 bits per heavy atom. The fraction of sp³-hybridized carbons (Fsp3) is 1.00. The molecule has 2 aliphatic rings. The van der Waals surface area contributed by atoms with Crippen molar-refractivity contribution < 1.29 is 0 Å². The Labute approximate surface area is 120 Å². The molecule has 2 fully saturated rings. The lowest BCUT2D eigenvalue weighted by Gasteiger charge is -2.43. The van der Waals surface area contributed by atoms with Crippen molar-refractivity contribution in [2.24, 2.45) is 23.0 Å². The maximum absolute atomic E-state index is 6.37. The van der Waals surface area contributed by atoms with E-state index >= 15 is 0 Å². The summed E-state index contributed by atoms with van der Waals surface area (Å²) in [6.07, 6.45) is 9.44. The molecule has 0 saturated heterocycles. The molecule has 2 heteroatoms. The van der Waals surface area contributed by atoms with Crippen LogP contribution in [0.3, 0.4) is 0 Å². The van der Waals surface area contributed by atoms with Gasteiger partial charge in [0.25, 0.3) is 0 Å². The summed E-state index contributed by atoms with van der Waals surface area (Å²) in [5.41, 5.74) is 6.88. The molecule has 0 aromatic heterocycles. The quantitative estimate of drug-likeness (QED) is 0.845. The molecule has 2 nitrogen and oxygen atoms in total. The first kappa shape index (κ1) is 15.3. The molecule has 2 N–H and O–H groups in total. The van der Waals surface area contributed by atoms with E-state index < -0.39 is 0 Å². The van der Waals surface area contributed by atoms with Gasteiger partial charge in [0.2, 0.25) is 0 Å². The second-order valence-electron chi connectivity index (χ2n) is 8.18. The zero-order valence-corrected chi connectivity index (χ0v) is 13.5. The minimum absolute atomic E-state index is 0.429. The van der Waals surface area contributed by atoms with Gasteiger partial charge in [0.15, 0.2) is 0 Å². The first-order chi connectivity index (χ1) is 8.87. The van der Waals surface area contributed by atoms with E-state index in [1.165, 1.54) is 51.5 Å². The fourth-order valence-corrected chi connectivity index (χ4v) is 4.16. The molecule has 2 unspecified atom stereocenters. The molecular weight excluding hydrogens is 232 g/mol. The van der Waals surface area contributed by atoms with E-state index in [9.17, 15) is 0 Å². The van der Waals surface area contributed by atoms with Crippen LogP contribution in [0.5, 0.6) is 0 Å². The largest absolute Gasteiger partial charge is 0.327 e. The molecule has 19 heavy (non-hydrogen) atoms. The molecule has 2 saturated carbocycles. The van der Waals surface area contributed by atoms with Crippen molar-refractivity contribution in [1.29, 1.82) is 0 Å². The Bertz CT molecular complexity index is 279. The second-order valence-corrected chi connectivity index (χ2v) is 8.18. The van der Waals surface area contributed by atoms with E-state index in [1.807, 2.05) is 0 Å². The lowest BCUT2D eigenvalue weighted by molar-refractivity contribution is 0.0913. The van der Waals surface area contributed by atoms with Crippen LogP contribution in [-0.2, 0) is 0 Å². The molecule has 0 aromatic rings. The molecule has 112 valence electrons. The molecule has 2 atom stereocenters.